The standard InChI is InChI=1S/C23H46O2/c1-2-3-4-5-6-7-8-9-10-11-12-13-14-15-16-18-21-24-23-20-17-19-22-25-23/h23H,2-22H2,1H3. The van der Waals surface area contributed by atoms with Crippen molar-refractivity contribution in [2.45, 2.75) is 135 Å². The first-order valence-corrected chi connectivity index (χ1v) is 11.7. The van der Waals surface area contributed by atoms with Crippen LogP contribution in [0.3, 0.4) is 0 Å². The van der Waals surface area contributed by atoms with E-state index in [9.17, 15) is 0 Å². The smallest absolute Gasteiger partial charge is 0.157 e. The zero-order valence-electron chi connectivity index (χ0n) is 17.2. The second-order valence-corrected chi connectivity index (χ2v) is 7.97. The summed E-state index contributed by atoms with van der Waals surface area (Å²) in [5.41, 5.74) is 0. The van der Waals surface area contributed by atoms with Gasteiger partial charge >= 0.3 is 0 Å². The second-order valence-electron chi connectivity index (χ2n) is 7.97. The van der Waals surface area contributed by atoms with Crippen LogP contribution in [-0.2, 0) is 9.47 Å². The van der Waals surface area contributed by atoms with Gasteiger partial charge < -0.3 is 9.47 Å². The summed E-state index contributed by atoms with van der Waals surface area (Å²) < 4.78 is 11.4. The van der Waals surface area contributed by atoms with Crippen molar-refractivity contribution in [3.63, 3.8) is 0 Å². The summed E-state index contributed by atoms with van der Waals surface area (Å²) >= 11 is 0. The van der Waals surface area contributed by atoms with Crippen molar-refractivity contribution in [1.29, 1.82) is 0 Å². The minimum Gasteiger partial charge on any atom is -0.353 e. The molecule has 0 bridgehead atoms. The zero-order chi connectivity index (χ0) is 17.8. The van der Waals surface area contributed by atoms with Crippen molar-refractivity contribution >= 4 is 0 Å². The van der Waals surface area contributed by atoms with Gasteiger partial charge in [0.2, 0.25) is 0 Å². The molecule has 0 saturated carbocycles. The van der Waals surface area contributed by atoms with Gasteiger partial charge in [0, 0.05) is 13.2 Å². The maximum Gasteiger partial charge on any atom is 0.157 e. The molecule has 0 aliphatic carbocycles. The molecule has 1 aliphatic rings. The summed E-state index contributed by atoms with van der Waals surface area (Å²) in [6.07, 6.45) is 26.4. The van der Waals surface area contributed by atoms with Crippen LogP contribution in [0.25, 0.3) is 0 Å². The van der Waals surface area contributed by atoms with Crippen LogP contribution >= 0.6 is 0 Å². The van der Waals surface area contributed by atoms with E-state index in [0.717, 1.165) is 19.6 Å². The molecule has 1 aliphatic heterocycles. The molecule has 0 aromatic carbocycles. The zero-order valence-corrected chi connectivity index (χ0v) is 17.2. The van der Waals surface area contributed by atoms with E-state index >= 15 is 0 Å². The Morgan fingerprint density at radius 3 is 1.56 bits per heavy atom. The van der Waals surface area contributed by atoms with Crippen molar-refractivity contribution in [2.24, 2.45) is 0 Å². The molecule has 150 valence electrons. The fraction of sp³-hybridized carbons (Fsp3) is 1.00. The Morgan fingerprint density at radius 1 is 0.640 bits per heavy atom. The Bertz CT molecular complexity index is 248. The third-order valence-electron chi connectivity index (χ3n) is 5.44. The maximum absolute atomic E-state index is 5.78. The van der Waals surface area contributed by atoms with E-state index < -0.39 is 0 Å². The van der Waals surface area contributed by atoms with E-state index in [-0.39, 0.29) is 6.29 Å². The van der Waals surface area contributed by atoms with Crippen LogP contribution in [0.4, 0.5) is 0 Å². The summed E-state index contributed by atoms with van der Waals surface area (Å²) in [5.74, 6) is 0. The highest BCUT2D eigenvalue weighted by atomic mass is 16.7. The quantitative estimate of drug-likeness (QED) is 0.234. The van der Waals surface area contributed by atoms with Crippen LogP contribution < -0.4 is 0 Å². The van der Waals surface area contributed by atoms with Gasteiger partial charge in [-0.25, -0.2) is 0 Å². The van der Waals surface area contributed by atoms with Crippen molar-refractivity contribution < 1.29 is 9.47 Å². The number of hydrogen-bond donors (Lipinski definition) is 0. The van der Waals surface area contributed by atoms with Gasteiger partial charge in [0.1, 0.15) is 0 Å². The normalized spacial score (nSPS) is 17.9. The average Bonchev–Trinajstić information content (AvgIpc) is 2.65. The van der Waals surface area contributed by atoms with Crippen LogP contribution in [0.2, 0.25) is 0 Å². The predicted molar refractivity (Wildman–Crippen MR) is 109 cm³/mol. The SMILES string of the molecule is CCCCCCCCCCCCCCCCCCOC1CCCCO1. The van der Waals surface area contributed by atoms with Gasteiger partial charge in [-0.15, -0.1) is 0 Å². The summed E-state index contributed by atoms with van der Waals surface area (Å²) in [6, 6.07) is 0. The van der Waals surface area contributed by atoms with E-state index in [2.05, 4.69) is 6.92 Å². The Morgan fingerprint density at radius 2 is 1.12 bits per heavy atom. The Kier molecular flexibility index (Phi) is 17.2. The second kappa shape index (κ2) is 18.7. The van der Waals surface area contributed by atoms with E-state index in [4.69, 9.17) is 9.47 Å². The van der Waals surface area contributed by atoms with E-state index in [1.807, 2.05) is 0 Å². The highest BCUT2D eigenvalue weighted by Crippen LogP contribution is 2.15. The molecule has 0 aromatic heterocycles. The summed E-state index contributed by atoms with van der Waals surface area (Å²) in [4.78, 5) is 0. The van der Waals surface area contributed by atoms with Crippen LogP contribution in [0.5, 0.6) is 0 Å². The third-order valence-corrected chi connectivity index (χ3v) is 5.44. The number of rotatable bonds is 18. The largest absolute Gasteiger partial charge is 0.353 e. The van der Waals surface area contributed by atoms with Gasteiger partial charge in [-0.3, -0.25) is 0 Å². The van der Waals surface area contributed by atoms with Crippen molar-refractivity contribution in [1.82, 2.24) is 0 Å². The van der Waals surface area contributed by atoms with Gasteiger partial charge in [0.15, 0.2) is 6.29 Å². The van der Waals surface area contributed by atoms with Crippen molar-refractivity contribution in [3.8, 4) is 0 Å². The van der Waals surface area contributed by atoms with Crippen LogP contribution in [-0.4, -0.2) is 19.5 Å². The molecule has 0 aromatic rings. The molecular weight excluding hydrogens is 308 g/mol. The lowest BCUT2D eigenvalue weighted by molar-refractivity contribution is -0.162. The fourth-order valence-corrected chi connectivity index (χ4v) is 3.71. The lowest BCUT2D eigenvalue weighted by Crippen LogP contribution is -2.22. The molecule has 1 atom stereocenters. The molecule has 1 unspecified atom stereocenters. The molecule has 25 heavy (non-hydrogen) atoms. The summed E-state index contributed by atoms with van der Waals surface area (Å²) in [5, 5.41) is 0. The lowest BCUT2D eigenvalue weighted by Gasteiger charge is -2.22. The molecule has 0 radical (unpaired) electrons. The topological polar surface area (TPSA) is 18.5 Å². The van der Waals surface area contributed by atoms with Crippen molar-refractivity contribution in [3.05, 3.63) is 0 Å². The summed E-state index contributed by atoms with van der Waals surface area (Å²) in [6.45, 7) is 4.08. The molecule has 0 amide bonds. The first-order valence-electron chi connectivity index (χ1n) is 11.7. The number of ether oxygens (including phenoxy) is 2. The van der Waals surface area contributed by atoms with E-state index in [0.29, 0.717) is 0 Å². The minimum absolute atomic E-state index is 0.102. The predicted octanol–water partition coefficient (Wildman–Crippen LogP) is 7.79. The van der Waals surface area contributed by atoms with Gasteiger partial charge in [-0.1, -0.05) is 103 Å². The monoisotopic (exact) mass is 354 g/mol. The molecule has 1 heterocycles. The molecule has 2 heteroatoms. The van der Waals surface area contributed by atoms with Gasteiger partial charge in [-0.2, -0.15) is 0 Å². The Labute approximate surface area is 158 Å². The van der Waals surface area contributed by atoms with Crippen LogP contribution in [0, 0.1) is 0 Å². The summed E-state index contributed by atoms with van der Waals surface area (Å²) in [7, 11) is 0. The number of hydrogen-bond acceptors (Lipinski definition) is 2. The average molecular weight is 355 g/mol. The molecular formula is C23H46O2. The minimum atomic E-state index is 0.102. The molecule has 1 rings (SSSR count). The molecule has 0 spiro atoms. The first-order chi connectivity index (χ1) is 12.4. The van der Waals surface area contributed by atoms with Gasteiger partial charge in [0.25, 0.3) is 0 Å². The van der Waals surface area contributed by atoms with Gasteiger partial charge in [0.05, 0.1) is 0 Å². The first kappa shape index (κ1) is 23.0. The Balaban J connectivity index is 1.65. The maximum atomic E-state index is 5.78. The Hall–Kier alpha value is -0.0800. The number of unbranched alkanes of at least 4 members (excludes halogenated alkanes) is 15. The van der Waals surface area contributed by atoms with Crippen molar-refractivity contribution in [2.75, 3.05) is 13.2 Å². The highest BCUT2D eigenvalue weighted by Gasteiger charge is 2.13. The highest BCUT2D eigenvalue weighted by molar-refractivity contribution is 4.54. The molecule has 0 N–H and O–H groups in total. The van der Waals surface area contributed by atoms with E-state index in [1.54, 1.807) is 0 Å². The molecule has 1 saturated heterocycles. The molecule has 1 fully saturated rings. The van der Waals surface area contributed by atoms with Crippen LogP contribution in [0.1, 0.15) is 129 Å². The lowest BCUT2D eigenvalue weighted by atomic mass is 10.0. The molecule has 2 nitrogen and oxygen atoms in total. The van der Waals surface area contributed by atoms with Gasteiger partial charge in [-0.05, 0) is 25.7 Å². The van der Waals surface area contributed by atoms with E-state index in [1.165, 1.54) is 116 Å². The fourth-order valence-electron chi connectivity index (χ4n) is 3.71. The third kappa shape index (κ3) is 15.9. The van der Waals surface area contributed by atoms with Crippen LogP contribution in [0.15, 0.2) is 0 Å².